The van der Waals surface area contributed by atoms with Gasteiger partial charge in [-0.15, -0.1) is 22.7 Å². The highest BCUT2D eigenvalue weighted by molar-refractivity contribution is 7.19. The molecule has 10 nitrogen and oxygen atoms in total. The van der Waals surface area contributed by atoms with Gasteiger partial charge in [-0.3, -0.25) is 9.80 Å². The third kappa shape index (κ3) is 12.0. The number of nitrogens with zero attached hydrogens (tertiary/aromatic N) is 4. The zero-order valence-electron chi connectivity index (χ0n) is 35.8. The van der Waals surface area contributed by atoms with Crippen LogP contribution in [0.15, 0.2) is 97.1 Å². The molecule has 14 heteroatoms. The average molecular weight is 918 g/mol. The highest BCUT2D eigenvalue weighted by Crippen LogP contribution is 2.44. The van der Waals surface area contributed by atoms with E-state index in [1.165, 1.54) is 22.7 Å². The Balaban J connectivity index is 0.000000186. The summed E-state index contributed by atoms with van der Waals surface area (Å²) in [6, 6.07) is 28.6. The second kappa shape index (κ2) is 19.2. The lowest BCUT2D eigenvalue weighted by Gasteiger charge is -2.35. The minimum absolute atomic E-state index is 0.413. The van der Waals surface area contributed by atoms with Crippen LogP contribution in [0.25, 0.3) is 20.4 Å². The van der Waals surface area contributed by atoms with E-state index in [1.54, 1.807) is 46.2 Å². The number of aliphatic hydroxyl groups is 2. The van der Waals surface area contributed by atoms with Crippen molar-refractivity contribution in [3.05, 3.63) is 128 Å². The summed E-state index contributed by atoms with van der Waals surface area (Å²) in [6.45, 7) is 12.1. The van der Waals surface area contributed by atoms with Crippen molar-refractivity contribution in [3.8, 4) is 0 Å². The molecule has 0 saturated heterocycles. The van der Waals surface area contributed by atoms with E-state index in [-0.39, 0.29) is 0 Å². The number of hydrogen-bond donors (Lipinski definition) is 2. The maximum atomic E-state index is 13.3. The van der Waals surface area contributed by atoms with E-state index in [9.17, 15) is 19.8 Å². The Labute approximate surface area is 381 Å². The van der Waals surface area contributed by atoms with Gasteiger partial charge in [0.25, 0.3) is 0 Å². The maximum absolute atomic E-state index is 13.3. The van der Waals surface area contributed by atoms with E-state index < -0.39 is 47.7 Å². The number of carbonyl (C=O) groups excluding carboxylic acids is 2. The highest BCUT2D eigenvalue weighted by atomic mass is 35.5. The molecule has 2 aliphatic carbocycles. The van der Waals surface area contributed by atoms with Gasteiger partial charge in [0.05, 0.1) is 20.4 Å². The van der Waals surface area contributed by atoms with Gasteiger partial charge in [0.15, 0.2) is 0 Å². The molecule has 0 spiro atoms. The van der Waals surface area contributed by atoms with Crippen LogP contribution in [0.2, 0.25) is 10.0 Å². The molecular weight excluding hydrogens is 864 g/mol. The Morgan fingerprint density at radius 2 is 1.00 bits per heavy atom. The van der Waals surface area contributed by atoms with E-state index in [0.29, 0.717) is 56.1 Å². The Morgan fingerprint density at radius 3 is 1.32 bits per heavy atom. The van der Waals surface area contributed by atoms with Crippen molar-refractivity contribution in [1.29, 1.82) is 0 Å². The fourth-order valence-corrected chi connectivity index (χ4v) is 9.68. The summed E-state index contributed by atoms with van der Waals surface area (Å²) in [6.07, 6.45) is 1.40. The lowest BCUT2D eigenvalue weighted by molar-refractivity contribution is -0.00926. The third-order valence-electron chi connectivity index (χ3n) is 10.3. The Bertz CT molecular complexity index is 2250. The van der Waals surface area contributed by atoms with Gasteiger partial charge in [-0.25, -0.2) is 19.6 Å². The summed E-state index contributed by atoms with van der Waals surface area (Å²) in [4.78, 5) is 39.5. The second-order valence-electron chi connectivity index (χ2n) is 18.1. The number of amides is 2. The minimum Gasteiger partial charge on any atom is -0.444 e. The van der Waals surface area contributed by atoms with Crippen molar-refractivity contribution in [2.24, 2.45) is 11.8 Å². The topological polar surface area (TPSA) is 125 Å². The summed E-state index contributed by atoms with van der Waals surface area (Å²) in [5.74, 6) is 0.826. The van der Waals surface area contributed by atoms with E-state index in [1.807, 2.05) is 102 Å². The van der Waals surface area contributed by atoms with E-state index in [4.69, 9.17) is 42.6 Å². The fourth-order valence-electron chi connectivity index (χ4n) is 7.06. The third-order valence-corrected chi connectivity index (χ3v) is 13.0. The number of ether oxygens (including phenoxy) is 2. The molecule has 8 rings (SSSR count). The molecule has 62 heavy (non-hydrogen) atoms. The maximum Gasteiger partial charge on any atom is 0.410 e. The summed E-state index contributed by atoms with van der Waals surface area (Å²) in [5, 5.41) is 25.4. The normalized spacial score (nSPS) is 16.2. The van der Waals surface area contributed by atoms with Crippen molar-refractivity contribution < 1.29 is 29.3 Å². The first-order valence-electron chi connectivity index (χ1n) is 21.0. The van der Waals surface area contributed by atoms with Crippen LogP contribution < -0.4 is 0 Å². The molecule has 2 amide bonds. The molecule has 2 aromatic heterocycles. The quantitative estimate of drug-likeness (QED) is 0.124. The average Bonchev–Trinajstić information content (AvgIpc) is 4.13. The van der Waals surface area contributed by atoms with Crippen LogP contribution in [0, 0.1) is 11.8 Å². The van der Waals surface area contributed by atoms with Crippen LogP contribution in [0.4, 0.5) is 9.59 Å². The van der Waals surface area contributed by atoms with Gasteiger partial charge < -0.3 is 19.7 Å². The Kier molecular flexibility index (Phi) is 14.2. The number of halogens is 2. The zero-order valence-corrected chi connectivity index (χ0v) is 39.0. The molecule has 328 valence electrons. The van der Waals surface area contributed by atoms with E-state index in [2.05, 4.69) is 0 Å². The predicted octanol–water partition coefficient (Wildman–Crippen LogP) is 12.7. The molecule has 2 saturated carbocycles. The number of carbonyl (C=O) groups is 2. The molecule has 6 aromatic rings. The standard InChI is InChI=1S/2C24H27ClN2O3S/c2*1-24(2,3)30-23(29)27(14-15-11-12-15)20(21(28)16-7-6-8-17(25)13-16)22-26-18-9-4-5-10-19(18)31-22/h2*4-10,13,15,20-21,28H,11-12,14H2,1-3H3/t2*20-,21+/m10/s1. The number of fused-ring (bicyclic) bond motifs is 2. The number of para-hydroxylation sites is 2. The van der Waals surface area contributed by atoms with Gasteiger partial charge in [0.1, 0.15) is 45.5 Å². The summed E-state index contributed by atoms with van der Waals surface area (Å²) in [5.41, 5.74) is 1.70. The van der Waals surface area contributed by atoms with E-state index >= 15 is 0 Å². The molecule has 2 heterocycles. The zero-order chi connectivity index (χ0) is 44.3. The molecule has 2 aliphatic rings. The molecular formula is C48H54Cl2N4O6S2. The van der Waals surface area contributed by atoms with Crippen molar-refractivity contribution in [2.45, 2.75) is 103 Å². The van der Waals surface area contributed by atoms with Crippen LogP contribution in [0.3, 0.4) is 0 Å². The van der Waals surface area contributed by atoms with Crippen LogP contribution >= 0.6 is 45.9 Å². The number of aromatic nitrogens is 2. The lowest BCUT2D eigenvalue weighted by Crippen LogP contribution is -2.42. The number of hydrogen-bond acceptors (Lipinski definition) is 10. The Morgan fingerprint density at radius 1 is 0.629 bits per heavy atom. The number of benzene rings is 4. The molecule has 2 fully saturated rings. The summed E-state index contributed by atoms with van der Waals surface area (Å²) >= 11 is 15.4. The number of aliphatic hydroxyl groups excluding tert-OH is 2. The molecule has 0 aliphatic heterocycles. The molecule has 0 bridgehead atoms. The SMILES string of the molecule is CC(C)(C)OC(=O)N(CC1CC1)[C@@H](c1nc2ccccc2s1)[C@@H](O)c1cccc(Cl)c1.CC(C)(C)OC(=O)N(CC1CC1)[C@H](c1nc2ccccc2s1)[C@H](O)c1cccc(Cl)c1. The first-order valence-corrected chi connectivity index (χ1v) is 23.4. The van der Waals surface area contributed by atoms with Gasteiger partial charge >= 0.3 is 12.2 Å². The van der Waals surface area contributed by atoms with E-state index in [0.717, 1.165) is 46.1 Å². The first kappa shape index (κ1) is 45.7. The molecule has 0 radical (unpaired) electrons. The van der Waals surface area contributed by atoms with Gasteiger partial charge in [-0.05, 0) is 139 Å². The first-order chi connectivity index (χ1) is 29.4. The van der Waals surface area contributed by atoms with Crippen LogP contribution in [0.1, 0.15) is 113 Å². The molecule has 0 unspecified atom stereocenters. The van der Waals surface area contributed by atoms with Crippen LogP contribution in [-0.2, 0) is 9.47 Å². The summed E-state index contributed by atoms with van der Waals surface area (Å²) < 4.78 is 13.5. The predicted molar refractivity (Wildman–Crippen MR) is 249 cm³/mol. The Hall–Kier alpha value is -4.30. The van der Waals surface area contributed by atoms with Crippen molar-refractivity contribution in [1.82, 2.24) is 19.8 Å². The lowest BCUT2D eigenvalue weighted by atomic mass is 10.0. The van der Waals surface area contributed by atoms with Gasteiger partial charge in [-0.2, -0.15) is 0 Å². The van der Waals surface area contributed by atoms with Gasteiger partial charge in [0.2, 0.25) is 0 Å². The van der Waals surface area contributed by atoms with Crippen LogP contribution in [-0.4, -0.2) is 66.5 Å². The van der Waals surface area contributed by atoms with Crippen molar-refractivity contribution >= 4 is 78.5 Å². The number of thiazole rings is 2. The van der Waals surface area contributed by atoms with Gasteiger partial charge in [0, 0.05) is 23.1 Å². The fraction of sp³-hybridized carbons (Fsp3) is 0.417. The van der Waals surface area contributed by atoms with Crippen LogP contribution in [0.5, 0.6) is 0 Å². The molecule has 4 aromatic carbocycles. The van der Waals surface area contributed by atoms with Gasteiger partial charge in [-0.1, -0.05) is 71.7 Å². The second-order valence-corrected chi connectivity index (χ2v) is 21.1. The smallest absolute Gasteiger partial charge is 0.410 e. The van der Waals surface area contributed by atoms with Crippen molar-refractivity contribution in [2.75, 3.05) is 13.1 Å². The largest absolute Gasteiger partial charge is 0.444 e. The van der Waals surface area contributed by atoms with Crippen molar-refractivity contribution in [3.63, 3.8) is 0 Å². The number of rotatable bonds is 12. The molecule has 4 atom stereocenters. The molecule has 2 N–H and O–H groups in total. The summed E-state index contributed by atoms with van der Waals surface area (Å²) in [7, 11) is 0. The minimum atomic E-state index is -0.995. The highest BCUT2D eigenvalue weighted by Gasteiger charge is 2.41. The monoisotopic (exact) mass is 916 g/mol.